The van der Waals surface area contributed by atoms with E-state index >= 15 is 0 Å². The van der Waals surface area contributed by atoms with Crippen LogP contribution in [0.3, 0.4) is 0 Å². The fourth-order valence-corrected chi connectivity index (χ4v) is 3.36. The van der Waals surface area contributed by atoms with Gasteiger partial charge in [-0.1, -0.05) is 17.0 Å². The van der Waals surface area contributed by atoms with E-state index in [0.717, 1.165) is 0 Å². The quantitative estimate of drug-likeness (QED) is 0.623. The van der Waals surface area contributed by atoms with Crippen molar-refractivity contribution in [3.63, 3.8) is 0 Å². The van der Waals surface area contributed by atoms with E-state index in [1.165, 1.54) is 16.7 Å². The molecule has 0 saturated carbocycles. The third-order valence-corrected chi connectivity index (χ3v) is 4.19. The zero-order valence-electron chi connectivity index (χ0n) is 10.2. The van der Waals surface area contributed by atoms with Gasteiger partial charge in [0, 0.05) is 12.0 Å². The van der Waals surface area contributed by atoms with E-state index in [1.807, 2.05) is 0 Å². The number of β-lactam (4-membered cyclic amide) rings is 1. The number of fused-ring (bicyclic) bond motifs is 1. The molecule has 0 spiro atoms. The summed E-state index contributed by atoms with van der Waals surface area (Å²) in [7, 11) is 1.74. The van der Waals surface area contributed by atoms with Crippen LogP contribution in [0.15, 0.2) is 22.4 Å². The summed E-state index contributed by atoms with van der Waals surface area (Å²) in [6, 6.07) is 0. The van der Waals surface area contributed by atoms with Crippen LogP contribution in [0.2, 0.25) is 0 Å². The second-order valence-corrected chi connectivity index (χ2v) is 5.57. The normalized spacial score (nSPS) is 23.9. The number of rotatable bonds is 2. The Morgan fingerprint density at radius 3 is 2.89 bits per heavy atom. The van der Waals surface area contributed by atoms with Crippen LogP contribution in [0.25, 0.3) is 6.08 Å². The van der Waals surface area contributed by atoms with E-state index in [2.05, 4.69) is 10.3 Å². The zero-order chi connectivity index (χ0) is 13.7. The second kappa shape index (κ2) is 3.95. The van der Waals surface area contributed by atoms with Crippen LogP contribution in [-0.2, 0) is 16.6 Å². The van der Waals surface area contributed by atoms with Crippen LogP contribution < -0.4 is 0 Å². The van der Waals surface area contributed by atoms with Gasteiger partial charge in [-0.15, -0.1) is 5.10 Å². The predicted molar refractivity (Wildman–Crippen MR) is 67.5 cm³/mol. The zero-order valence-corrected chi connectivity index (χ0v) is 11.0. The lowest BCUT2D eigenvalue weighted by molar-refractivity contribution is -0.141. The highest BCUT2D eigenvalue weighted by Crippen LogP contribution is 2.49. The van der Waals surface area contributed by atoms with Gasteiger partial charge in [0.2, 0.25) is 0 Å². The molecule has 19 heavy (non-hydrogen) atoms. The van der Waals surface area contributed by atoms with Gasteiger partial charge in [0.25, 0.3) is 5.91 Å². The highest BCUT2D eigenvalue weighted by Gasteiger charge is 2.51. The van der Waals surface area contributed by atoms with E-state index in [1.54, 1.807) is 30.9 Å². The Hall–Kier alpha value is -2.09. The highest BCUT2D eigenvalue weighted by molar-refractivity contribution is 8.04. The van der Waals surface area contributed by atoms with E-state index in [4.69, 9.17) is 5.11 Å². The monoisotopic (exact) mass is 278 g/mol. The lowest BCUT2D eigenvalue weighted by Gasteiger charge is -2.36. The van der Waals surface area contributed by atoms with Crippen molar-refractivity contribution in [1.29, 1.82) is 0 Å². The van der Waals surface area contributed by atoms with E-state index in [9.17, 15) is 9.59 Å². The number of carbonyl (C=O) groups is 2. The SMILES string of the molecule is CC1=C(C(=O)O)N2C(=O)/C(=C\c3cn(C)nn3)[C@H]2S1. The van der Waals surface area contributed by atoms with Gasteiger partial charge >= 0.3 is 5.97 Å². The Kier molecular flexibility index (Phi) is 2.49. The number of hydrogen-bond acceptors (Lipinski definition) is 5. The van der Waals surface area contributed by atoms with Crippen LogP contribution in [0.4, 0.5) is 0 Å². The molecule has 0 aliphatic carbocycles. The molecule has 0 radical (unpaired) electrons. The largest absolute Gasteiger partial charge is 0.477 e. The van der Waals surface area contributed by atoms with Gasteiger partial charge in [-0.25, -0.2) is 4.79 Å². The first-order chi connectivity index (χ1) is 8.99. The number of allylic oxidation sites excluding steroid dienone is 1. The second-order valence-electron chi connectivity index (χ2n) is 4.27. The van der Waals surface area contributed by atoms with E-state index in [-0.39, 0.29) is 17.0 Å². The molecular weight excluding hydrogens is 268 g/mol. The lowest BCUT2D eigenvalue weighted by atomic mass is 10.0. The minimum atomic E-state index is -1.07. The number of carbonyl (C=O) groups excluding carboxylic acids is 1. The Labute approximate surface area is 112 Å². The molecule has 1 saturated heterocycles. The summed E-state index contributed by atoms with van der Waals surface area (Å²) in [5.41, 5.74) is 1.23. The van der Waals surface area contributed by atoms with Gasteiger partial charge < -0.3 is 5.11 Å². The highest BCUT2D eigenvalue weighted by atomic mass is 32.2. The first-order valence-corrected chi connectivity index (χ1v) is 6.39. The summed E-state index contributed by atoms with van der Waals surface area (Å²) >= 11 is 1.37. The molecule has 1 N–H and O–H groups in total. The minimum Gasteiger partial charge on any atom is -0.477 e. The summed E-state index contributed by atoms with van der Waals surface area (Å²) < 4.78 is 1.54. The van der Waals surface area contributed by atoms with E-state index < -0.39 is 5.97 Å². The van der Waals surface area contributed by atoms with Crippen LogP contribution in [-0.4, -0.2) is 42.3 Å². The number of nitrogens with zero attached hydrogens (tertiary/aromatic N) is 4. The number of aliphatic carboxylic acids is 1. The smallest absolute Gasteiger partial charge is 0.353 e. The van der Waals surface area contributed by atoms with Crippen molar-refractivity contribution in [2.24, 2.45) is 7.05 Å². The number of carboxylic acids is 1. The number of carboxylic acid groups (broad SMARTS) is 1. The van der Waals surface area contributed by atoms with Gasteiger partial charge in [-0.05, 0) is 13.0 Å². The molecule has 0 bridgehead atoms. The maximum atomic E-state index is 12.0. The molecule has 98 valence electrons. The molecule has 0 unspecified atom stereocenters. The molecule has 3 rings (SSSR count). The topological polar surface area (TPSA) is 88.3 Å². The Morgan fingerprint density at radius 1 is 1.58 bits per heavy atom. The van der Waals surface area contributed by atoms with Crippen molar-refractivity contribution in [3.8, 4) is 0 Å². The molecule has 2 aliphatic heterocycles. The number of aromatic nitrogens is 3. The van der Waals surface area contributed by atoms with Gasteiger partial charge in [-0.3, -0.25) is 14.4 Å². The average Bonchev–Trinajstić information content (AvgIpc) is 2.88. The molecule has 1 atom stereocenters. The number of amides is 1. The summed E-state index contributed by atoms with van der Waals surface area (Å²) in [5.74, 6) is -1.35. The van der Waals surface area contributed by atoms with Gasteiger partial charge in [-0.2, -0.15) is 0 Å². The molecule has 1 amide bonds. The van der Waals surface area contributed by atoms with Crippen molar-refractivity contribution in [3.05, 3.63) is 28.1 Å². The first-order valence-electron chi connectivity index (χ1n) is 5.51. The van der Waals surface area contributed by atoms with Gasteiger partial charge in [0.1, 0.15) is 16.8 Å². The number of hydrogen-bond donors (Lipinski definition) is 1. The minimum absolute atomic E-state index is 0.0799. The lowest BCUT2D eigenvalue weighted by Crippen LogP contribution is -2.51. The Balaban J connectivity index is 1.90. The van der Waals surface area contributed by atoms with Crippen LogP contribution >= 0.6 is 11.8 Å². The Morgan fingerprint density at radius 2 is 2.32 bits per heavy atom. The molecule has 2 aliphatic rings. The van der Waals surface area contributed by atoms with Gasteiger partial charge in [0.05, 0.1) is 11.8 Å². The van der Waals surface area contributed by atoms with Crippen molar-refractivity contribution < 1.29 is 14.7 Å². The molecule has 1 aromatic heterocycles. The van der Waals surface area contributed by atoms with Crippen LogP contribution in [0.1, 0.15) is 12.6 Å². The third kappa shape index (κ3) is 1.67. The van der Waals surface area contributed by atoms with Crippen molar-refractivity contribution >= 4 is 29.7 Å². The van der Waals surface area contributed by atoms with Crippen molar-refractivity contribution in [1.82, 2.24) is 19.9 Å². The van der Waals surface area contributed by atoms with Crippen molar-refractivity contribution in [2.75, 3.05) is 0 Å². The van der Waals surface area contributed by atoms with Crippen LogP contribution in [0.5, 0.6) is 0 Å². The third-order valence-electron chi connectivity index (χ3n) is 2.96. The molecule has 0 aromatic carbocycles. The predicted octanol–water partition coefficient (Wildman–Crippen LogP) is 0.430. The van der Waals surface area contributed by atoms with Crippen LogP contribution in [0, 0.1) is 0 Å². The maximum Gasteiger partial charge on any atom is 0.353 e. The average molecular weight is 278 g/mol. The fraction of sp³-hybridized carbons (Fsp3) is 0.273. The molecule has 8 heteroatoms. The first kappa shape index (κ1) is 12.0. The molecule has 3 heterocycles. The number of thioether (sulfide) groups is 1. The summed E-state index contributed by atoms with van der Waals surface area (Å²) in [5, 5.41) is 16.5. The summed E-state index contributed by atoms with van der Waals surface area (Å²) in [6.45, 7) is 1.71. The van der Waals surface area contributed by atoms with Gasteiger partial charge in [0.15, 0.2) is 0 Å². The number of aryl methyl sites for hydroxylation is 1. The maximum absolute atomic E-state index is 12.0. The van der Waals surface area contributed by atoms with E-state index in [0.29, 0.717) is 16.2 Å². The molecule has 7 nitrogen and oxygen atoms in total. The Bertz CT molecular complexity index is 661. The summed E-state index contributed by atoms with van der Waals surface area (Å²) in [4.78, 5) is 25.1. The summed E-state index contributed by atoms with van der Waals surface area (Å²) in [6.07, 6.45) is 3.35. The molecule has 1 fully saturated rings. The fourth-order valence-electron chi connectivity index (χ4n) is 2.13. The standard InChI is InChI=1S/C11H10N4O3S/c1-5-8(11(17)18)15-9(16)7(10(15)19-5)3-6-4-14(2)13-12-6/h3-4,10H,1-2H3,(H,17,18)/b7-3+/t10-/m1/s1. The molecular formula is C11H10N4O3S. The molecule has 1 aromatic rings. The van der Waals surface area contributed by atoms with Crippen molar-refractivity contribution in [2.45, 2.75) is 12.3 Å².